The van der Waals surface area contributed by atoms with Gasteiger partial charge in [0.15, 0.2) is 5.96 Å². The normalized spacial score (nSPS) is 19.0. The SMILES string of the molecule is CN=C(NCCc1ccco1)N1CCC(COC)C1.I. The minimum atomic E-state index is 0. The van der Waals surface area contributed by atoms with Crippen molar-refractivity contribution in [1.29, 1.82) is 0 Å². The number of aliphatic imine (C=N–C) groups is 1. The summed E-state index contributed by atoms with van der Waals surface area (Å²) in [4.78, 5) is 6.64. The van der Waals surface area contributed by atoms with Gasteiger partial charge in [0.25, 0.3) is 0 Å². The van der Waals surface area contributed by atoms with Crippen LogP contribution in [0.15, 0.2) is 27.8 Å². The van der Waals surface area contributed by atoms with Crippen LogP contribution in [0.3, 0.4) is 0 Å². The van der Waals surface area contributed by atoms with Crippen LogP contribution in [0.1, 0.15) is 12.2 Å². The Morgan fingerprint density at radius 2 is 2.45 bits per heavy atom. The zero-order valence-electron chi connectivity index (χ0n) is 12.2. The van der Waals surface area contributed by atoms with Gasteiger partial charge in [-0.15, -0.1) is 24.0 Å². The Morgan fingerprint density at radius 1 is 1.60 bits per heavy atom. The van der Waals surface area contributed by atoms with Crippen molar-refractivity contribution in [2.45, 2.75) is 12.8 Å². The molecule has 1 N–H and O–H groups in total. The first-order chi connectivity index (χ1) is 9.33. The molecule has 1 fully saturated rings. The van der Waals surface area contributed by atoms with Crippen LogP contribution >= 0.6 is 24.0 Å². The zero-order valence-corrected chi connectivity index (χ0v) is 14.5. The summed E-state index contributed by atoms with van der Waals surface area (Å²) in [6.45, 7) is 3.74. The Kier molecular flexibility index (Phi) is 7.98. The van der Waals surface area contributed by atoms with Crippen molar-refractivity contribution in [1.82, 2.24) is 10.2 Å². The van der Waals surface area contributed by atoms with Crippen LogP contribution in [0.2, 0.25) is 0 Å². The second kappa shape index (κ2) is 9.23. The number of ether oxygens (including phenoxy) is 1. The maximum Gasteiger partial charge on any atom is 0.193 e. The van der Waals surface area contributed by atoms with Gasteiger partial charge in [0.2, 0.25) is 0 Å². The summed E-state index contributed by atoms with van der Waals surface area (Å²) >= 11 is 0. The minimum Gasteiger partial charge on any atom is -0.469 e. The first-order valence-electron chi connectivity index (χ1n) is 6.80. The number of hydrogen-bond acceptors (Lipinski definition) is 3. The van der Waals surface area contributed by atoms with Crippen LogP contribution in [-0.2, 0) is 11.2 Å². The van der Waals surface area contributed by atoms with Crippen LogP contribution in [0.25, 0.3) is 0 Å². The molecule has 0 spiro atoms. The van der Waals surface area contributed by atoms with Gasteiger partial charge in [0, 0.05) is 46.1 Å². The van der Waals surface area contributed by atoms with E-state index in [0.717, 1.165) is 44.4 Å². The van der Waals surface area contributed by atoms with Gasteiger partial charge in [0.1, 0.15) is 5.76 Å². The Bertz CT molecular complexity index is 395. The number of methoxy groups -OCH3 is 1. The summed E-state index contributed by atoms with van der Waals surface area (Å²) in [5.41, 5.74) is 0. The molecule has 1 aliphatic rings. The van der Waals surface area contributed by atoms with Crippen molar-refractivity contribution >= 4 is 29.9 Å². The summed E-state index contributed by atoms with van der Waals surface area (Å²) in [7, 11) is 3.60. The van der Waals surface area contributed by atoms with Gasteiger partial charge in [-0.3, -0.25) is 4.99 Å². The lowest BCUT2D eigenvalue weighted by molar-refractivity contribution is 0.157. The third-order valence-electron chi connectivity index (χ3n) is 3.43. The number of nitrogens with zero attached hydrogens (tertiary/aromatic N) is 2. The summed E-state index contributed by atoms with van der Waals surface area (Å²) in [6, 6.07) is 3.91. The van der Waals surface area contributed by atoms with Crippen molar-refractivity contribution in [3.63, 3.8) is 0 Å². The van der Waals surface area contributed by atoms with E-state index in [1.165, 1.54) is 6.42 Å². The monoisotopic (exact) mass is 393 g/mol. The summed E-state index contributed by atoms with van der Waals surface area (Å²) in [6.07, 6.45) is 3.76. The van der Waals surface area contributed by atoms with Gasteiger partial charge < -0.3 is 19.4 Å². The molecule has 0 amide bonds. The lowest BCUT2D eigenvalue weighted by atomic mass is 10.1. The number of halogens is 1. The topological polar surface area (TPSA) is 50.0 Å². The molecular formula is C14H24IN3O2. The number of nitrogens with one attached hydrogen (secondary N) is 1. The first kappa shape index (κ1) is 17.3. The van der Waals surface area contributed by atoms with Crippen LogP contribution < -0.4 is 5.32 Å². The lowest BCUT2D eigenvalue weighted by Gasteiger charge is -2.21. The molecule has 1 aromatic rings. The minimum absolute atomic E-state index is 0. The van der Waals surface area contributed by atoms with Crippen LogP contribution in [-0.4, -0.2) is 51.3 Å². The third-order valence-corrected chi connectivity index (χ3v) is 3.43. The molecule has 1 saturated heterocycles. The molecule has 1 atom stereocenters. The van der Waals surface area contributed by atoms with Gasteiger partial charge >= 0.3 is 0 Å². The predicted octanol–water partition coefficient (Wildman–Crippen LogP) is 1.98. The number of likely N-dealkylation sites (tertiary alicyclic amines) is 1. The van der Waals surface area contributed by atoms with Crippen LogP contribution in [0.5, 0.6) is 0 Å². The molecule has 1 unspecified atom stereocenters. The van der Waals surface area contributed by atoms with E-state index in [0.29, 0.717) is 5.92 Å². The second-order valence-corrected chi connectivity index (χ2v) is 4.86. The Balaban J connectivity index is 0.00000200. The lowest BCUT2D eigenvalue weighted by Crippen LogP contribution is -2.41. The maximum absolute atomic E-state index is 5.31. The van der Waals surface area contributed by atoms with Crippen molar-refractivity contribution in [3.8, 4) is 0 Å². The van der Waals surface area contributed by atoms with E-state index < -0.39 is 0 Å². The van der Waals surface area contributed by atoms with Crippen LogP contribution in [0.4, 0.5) is 0 Å². The summed E-state index contributed by atoms with van der Waals surface area (Å²) < 4.78 is 10.5. The highest BCUT2D eigenvalue weighted by atomic mass is 127. The fourth-order valence-electron chi connectivity index (χ4n) is 2.48. The van der Waals surface area contributed by atoms with E-state index in [2.05, 4.69) is 15.2 Å². The van der Waals surface area contributed by atoms with Crippen molar-refractivity contribution < 1.29 is 9.15 Å². The fraction of sp³-hybridized carbons (Fsp3) is 0.643. The molecule has 5 nitrogen and oxygen atoms in total. The zero-order chi connectivity index (χ0) is 13.5. The molecule has 0 aliphatic carbocycles. The average molecular weight is 393 g/mol. The summed E-state index contributed by atoms with van der Waals surface area (Å²) in [5.74, 6) is 2.60. The van der Waals surface area contributed by atoms with E-state index in [-0.39, 0.29) is 24.0 Å². The summed E-state index contributed by atoms with van der Waals surface area (Å²) in [5, 5.41) is 3.39. The van der Waals surface area contributed by atoms with Gasteiger partial charge in [-0.1, -0.05) is 0 Å². The highest BCUT2D eigenvalue weighted by Gasteiger charge is 2.24. The largest absolute Gasteiger partial charge is 0.469 e. The Hall–Kier alpha value is -0.760. The van der Waals surface area contributed by atoms with Gasteiger partial charge in [0.05, 0.1) is 12.9 Å². The number of rotatable bonds is 5. The molecular weight excluding hydrogens is 369 g/mol. The number of furan rings is 1. The van der Waals surface area contributed by atoms with Gasteiger partial charge in [-0.05, 0) is 18.6 Å². The van der Waals surface area contributed by atoms with Crippen molar-refractivity contribution in [3.05, 3.63) is 24.2 Å². The first-order valence-corrected chi connectivity index (χ1v) is 6.80. The van der Waals surface area contributed by atoms with E-state index in [1.54, 1.807) is 13.4 Å². The van der Waals surface area contributed by atoms with E-state index in [9.17, 15) is 0 Å². The third kappa shape index (κ3) is 4.97. The van der Waals surface area contributed by atoms with E-state index in [1.807, 2.05) is 19.2 Å². The molecule has 0 saturated carbocycles. The number of guanidine groups is 1. The number of hydrogen-bond donors (Lipinski definition) is 1. The van der Waals surface area contributed by atoms with Crippen molar-refractivity contribution in [2.24, 2.45) is 10.9 Å². The highest BCUT2D eigenvalue weighted by Crippen LogP contribution is 2.16. The molecule has 20 heavy (non-hydrogen) atoms. The van der Waals surface area contributed by atoms with Gasteiger partial charge in [-0.25, -0.2) is 0 Å². The Morgan fingerprint density at radius 3 is 3.10 bits per heavy atom. The smallest absolute Gasteiger partial charge is 0.193 e. The molecule has 1 aliphatic heterocycles. The van der Waals surface area contributed by atoms with E-state index in [4.69, 9.17) is 9.15 Å². The maximum atomic E-state index is 5.31. The average Bonchev–Trinajstić information content (AvgIpc) is 3.06. The molecule has 6 heteroatoms. The van der Waals surface area contributed by atoms with E-state index >= 15 is 0 Å². The standard InChI is InChI=1S/C14H23N3O2.HI/c1-15-14(16-7-5-13-4-3-9-19-13)17-8-6-12(10-17)11-18-2;/h3-4,9,12H,5-8,10-11H2,1-2H3,(H,15,16);1H. The molecule has 1 aromatic heterocycles. The molecule has 0 radical (unpaired) electrons. The van der Waals surface area contributed by atoms with Crippen molar-refractivity contribution in [2.75, 3.05) is 40.4 Å². The molecule has 114 valence electrons. The fourth-order valence-corrected chi connectivity index (χ4v) is 2.48. The molecule has 0 aromatic carbocycles. The molecule has 2 rings (SSSR count). The Labute approximate surface area is 137 Å². The van der Waals surface area contributed by atoms with Gasteiger partial charge in [-0.2, -0.15) is 0 Å². The molecule has 2 heterocycles. The van der Waals surface area contributed by atoms with Crippen LogP contribution in [0, 0.1) is 5.92 Å². The highest BCUT2D eigenvalue weighted by molar-refractivity contribution is 14.0. The second-order valence-electron chi connectivity index (χ2n) is 4.86. The molecule has 0 bridgehead atoms. The predicted molar refractivity (Wildman–Crippen MR) is 90.7 cm³/mol. The quantitative estimate of drug-likeness (QED) is 0.472.